The molecular formula is C36H55NO7. The highest BCUT2D eigenvalue weighted by Gasteiger charge is 2.77. The minimum atomic E-state index is -0.952. The first-order valence-electron chi connectivity index (χ1n) is 18.0. The smallest absolute Gasteiger partial charge is 0.482 e. The molecule has 2 aliphatic heterocycles. The van der Waals surface area contributed by atoms with Gasteiger partial charge in [0.15, 0.2) is 17.6 Å². The van der Waals surface area contributed by atoms with Crippen LogP contribution in [0.5, 0.6) is 0 Å². The molecule has 8 heteroatoms. The molecule has 0 aromatic rings. The van der Waals surface area contributed by atoms with E-state index in [2.05, 4.69) is 17.9 Å². The number of piperidine rings is 1. The fourth-order valence-corrected chi connectivity index (χ4v) is 9.26. The van der Waals surface area contributed by atoms with E-state index >= 15 is 0 Å². The Balaban J connectivity index is 0.938. The van der Waals surface area contributed by atoms with Crippen LogP contribution >= 0.6 is 0 Å². The van der Waals surface area contributed by atoms with E-state index in [1.54, 1.807) is 0 Å². The zero-order valence-electron chi connectivity index (χ0n) is 26.9. The van der Waals surface area contributed by atoms with Crippen molar-refractivity contribution in [2.24, 2.45) is 23.2 Å². The summed E-state index contributed by atoms with van der Waals surface area (Å²) in [4.78, 5) is 28.0. The number of unbranched alkanes of at least 4 members (excludes halogenated alkanes) is 11. The Morgan fingerprint density at radius 3 is 2.41 bits per heavy atom. The summed E-state index contributed by atoms with van der Waals surface area (Å²) >= 11 is 0. The first-order valence-corrected chi connectivity index (χ1v) is 18.0. The van der Waals surface area contributed by atoms with Crippen LogP contribution in [0.1, 0.15) is 122 Å². The molecule has 6 atom stereocenters. The third-order valence-electron chi connectivity index (χ3n) is 11.7. The lowest BCUT2D eigenvalue weighted by molar-refractivity contribution is -0.244. The summed E-state index contributed by atoms with van der Waals surface area (Å²) in [5.74, 6) is 2.07. The van der Waals surface area contributed by atoms with Crippen molar-refractivity contribution in [3.05, 3.63) is 23.7 Å². The quantitative estimate of drug-likeness (QED) is 0.0986. The topological polar surface area (TPSA) is 94.5 Å². The maximum atomic E-state index is 13.3. The van der Waals surface area contributed by atoms with E-state index < -0.39 is 23.3 Å². The van der Waals surface area contributed by atoms with Crippen LogP contribution in [0.4, 0.5) is 4.79 Å². The number of carbonyl (C=O) groups is 2. The summed E-state index contributed by atoms with van der Waals surface area (Å²) in [5.41, 5.74) is -1.58. The number of ketones is 1. The van der Waals surface area contributed by atoms with Gasteiger partial charge in [0.1, 0.15) is 5.76 Å². The average Bonchev–Trinajstić information content (AvgIpc) is 3.76. The van der Waals surface area contributed by atoms with Gasteiger partial charge in [0.25, 0.3) is 0 Å². The van der Waals surface area contributed by atoms with E-state index in [9.17, 15) is 14.7 Å². The van der Waals surface area contributed by atoms with Crippen LogP contribution in [0.2, 0.25) is 0 Å². The van der Waals surface area contributed by atoms with E-state index in [0.717, 1.165) is 44.7 Å². The molecule has 2 heterocycles. The highest BCUT2D eigenvalue weighted by atomic mass is 16.8. The molecule has 246 valence electrons. The molecule has 44 heavy (non-hydrogen) atoms. The maximum absolute atomic E-state index is 13.3. The third kappa shape index (κ3) is 6.31. The van der Waals surface area contributed by atoms with Gasteiger partial charge >= 0.3 is 6.16 Å². The van der Waals surface area contributed by atoms with Crippen molar-refractivity contribution in [1.82, 2.24) is 4.90 Å². The predicted octanol–water partition coefficient (Wildman–Crippen LogP) is 7.20. The normalized spacial score (nSPS) is 33.6. The molecule has 6 aliphatic rings. The molecule has 0 aromatic carbocycles. The summed E-state index contributed by atoms with van der Waals surface area (Å²) < 4.78 is 22.9. The van der Waals surface area contributed by atoms with Crippen molar-refractivity contribution in [1.29, 1.82) is 0 Å². The van der Waals surface area contributed by atoms with Gasteiger partial charge in [-0.25, -0.2) is 4.79 Å². The number of allylic oxidation sites excluding steroid dienone is 3. The lowest BCUT2D eigenvalue weighted by Crippen LogP contribution is -2.76. The van der Waals surface area contributed by atoms with Gasteiger partial charge in [0.2, 0.25) is 6.79 Å². The first kappa shape index (κ1) is 31.9. The van der Waals surface area contributed by atoms with Crippen LogP contribution < -0.4 is 0 Å². The highest BCUT2D eigenvalue weighted by Crippen LogP contribution is 2.69. The number of aliphatic hydroxyl groups is 1. The maximum Gasteiger partial charge on any atom is 0.511 e. The fourth-order valence-electron chi connectivity index (χ4n) is 9.26. The molecule has 5 fully saturated rings. The minimum absolute atomic E-state index is 0.0481. The minimum Gasteiger partial charge on any atom is -0.482 e. The van der Waals surface area contributed by atoms with Crippen molar-refractivity contribution in [3.8, 4) is 0 Å². The first-order chi connectivity index (χ1) is 21.5. The van der Waals surface area contributed by atoms with Gasteiger partial charge < -0.3 is 24.1 Å². The largest absolute Gasteiger partial charge is 0.511 e. The molecule has 3 saturated carbocycles. The number of carbonyl (C=O) groups excluding carboxylic acids is 2. The summed E-state index contributed by atoms with van der Waals surface area (Å²) in [6, 6.07) is 0.0481. The van der Waals surface area contributed by atoms with Gasteiger partial charge in [-0.2, -0.15) is 0 Å². The second-order valence-electron chi connectivity index (χ2n) is 14.5. The molecule has 1 N–H and O–H groups in total. The Morgan fingerprint density at radius 2 is 1.70 bits per heavy atom. The van der Waals surface area contributed by atoms with Crippen LogP contribution in [0.3, 0.4) is 0 Å². The van der Waals surface area contributed by atoms with E-state index in [1.165, 1.54) is 77.0 Å². The standard InChI is InChI=1S/C36H55NO7/c1-2-3-4-5-6-7-8-9-10-11-12-13-22-41-34(39)43-25-42-29-17-16-27-23-30-36(40)19-18-28(38)33-35(36,31(27)32(29)44-33)20-21-37(30)24-26-14-15-26/h16-17,26-27,30-31,33,40H,2-15,18-25H2,1H3/t27?,30?,31?,33-,35-,36+/m0/s1. The van der Waals surface area contributed by atoms with Crippen molar-refractivity contribution in [2.45, 2.75) is 140 Å². The van der Waals surface area contributed by atoms with Crippen LogP contribution in [-0.4, -0.2) is 66.2 Å². The number of rotatable bonds is 18. The van der Waals surface area contributed by atoms with Crippen LogP contribution in [0, 0.1) is 23.2 Å². The van der Waals surface area contributed by atoms with Gasteiger partial charge in [-0.3, -0.25) is 9.69 Å². The van der Waals surface area contributed by atoms with Crippen molar-refractivity contribution >= 4 is 11.9 Å². The molecule has 3 unspecified atom stereocenters. The molecule has 2 bridgehead atoms. The number of hydrogen-bond donors (Lipinski definition) is 1. The fraction of sp³-hybridized carbons (Fsp3) is 0.833. The van der Waals surface area contributed by atoms with Gasteiger partial charge in [0, 0.05) is 24.9 Å². The lowest BCUT2D eigenvalue weighted by atomic mass is 9.44. The summed E-state index contributed by atoms with van der Waals surface area (Å²) in [7, 11) is 0. The molecule has 0 aromatic heterocycles. The Kier molecular flexibility index (Phi) is 10.3. The van der Waals surface area contributed by atoms with Crippen LogP contribution in [0.25, 0.3) is 0 Å². The number of likely N-dealkylation sites (tertiary alicyclic amines) is 1. The van der Waals surface area contributed by atoms with E-state index in [4.69, 9.17) is 18.9 Å². The average molecular weight is 614 g/mol. The van der Waals surface area contributed by atoms with Gasteiger partial charge in [-0.1, -0.05) is 83.6 Å². The van der Waals surface area contributed by atoms with Crippen molar-refractivity contribution in [2.75, 3.05) is 26.5 Å². The molecule has 1 spiro atoms. The van der Waals surface area contributed by atoms with Gasteiger partial charge in [-0.05, 0) is 63.0 Å². The second-order valence-corrected chi connectivity index (χ2v) is 14.5. The molecule has 2 saturated heterocycles. The number of Topliss-reactive ketones (excluding diaryl/α,β-unsaturated/α-hetero) is 1. The van der Waals surface area contributed by atoms with Crippen LogP contribution in [-0.2, 0) is 23.7 Å². The lowest BCUT2D eigenvalue weighted by Gasteiger charge is -2.65. The molecule has 8 nitrogen and oxygen atoms in total. The second kappa shape index (κ2) is 14.1. The van der Waals surface area contributed by atoms with Gasteiger partial charge in [-0.15, -0.1) is 0 Å². The highest BCUT2D eigenvalue weighted by molar-refractivity contribution is 5.87. The summed E-state index contributed by atoms with van der Waals surface area (Å²) in [6.45, 7) is 4.26. The Hall–Kier alpha value is -2.06. The molecule has 0 amide bonds. The predicted molar refractivity (Wildman–Crippen MR) is 166 cm³/mol. The zero-order valence-corrected chi connectivity index (χ0v) is 26.9. The Bertz CT molecular complexity index is 1080. The number of hydrogen-bond acceptors (Lipinski definition) is 8. The SMILES string of the molecule is CCCCCCCCCCCCCCOC(=O)OCOC1=C2O[C@H]3C(=O)CC[C@@]4(O)C5CC(C=C1)C2[C@@]34CCN5CC1CC1. The summed E-state index contributed by atoms with van der Waals surface area (Å²) in [5, 5.41) is 12.4. The number of ether oxygens (including phenoxy) is 4. The molecule has 4 aliphatic carbocycles. The summed E-state index contributed by atoms with van der Waals surface area (Å²) in [6.07, 6.45) is 22.8. The Morgan fingerprint density at radius 1 is 1.00 bits per heavy atom. The van der Waals surface area contributed by atoms with Crippen molar-refractivity contribution < 1.29 is 33.6 Å². The zero-order chi connectivity index (χ0) is 30.6. The Labute approximate surface area is 263 Å². The number of nitrogens with zero attached hydrogens (tertiary/aromatic N) is 1. The molecular weight excluding hydrogens is 558 g/mol. The van der Waals surface area contributed by atoms with Crippen LogP contribution in [0.15, 0.2) is 23.7 Å². The third-order valence-corrected chi connectivity index (χ3v) is 11.7. The monoisotopic (exact) mass is 613 g/mol. The van der Waals surface area contributed by atoms with E-state index in [1.807, 2.05) is 6.08 Å². The van der Waals surface area contributed by atoms with Crippen molar-refractivity contribution in [3.63, 3.8) is 0 Å². The van der Waals surface area contributed by atoms with E-state index in [0.29, 0.717) is 31.0 Å². The molecule has 6 rings (SSSR count). The van der Waals surface area contributed by atoms with E-state index in [-0.39, 0.29) is 30.5 Å². The molecule has 0 radical (unpaired) electrons. The van der Waals surface area contributed by atoms with Gasteiger partial charge in [0.05, 0.1) is 17.6 Å².